The number of hydrogen-bond acceptors (Lipinski definition) is 5. The molecule has 0 saturated carbocycles. The van der Waals surface area contributed by atoms with E-state index < -0.39 is 11.6 Å². The highest BCUT2D eigenvalue weighted by Crippen LogP contribution is 2.37. The molecule has 1 aromatic heterocycles. The van der Waals surface area contributed by atoms with Crippen molar-refractivity contribution in [3.05, 3.63) is 64.1 Å². The van der Waals surface area contributed by atoms with Crippen LogP contribution >= 0.6 is 0 Å². The number of nitrogens with zero attached hydrogens (tertiary/aromatic N) is 1. The van der Waals surface area contributed by atoms with Crippen LogP contribution in [-0.2, 0) is 4.74 Å². The Labute approximate surface area is 138 Å². The Bertz CT molecular complexity index is 908. The first-order valence-electron chi connectivity index (χ1n) is 7.37. The minimum Gasteiger partial charge on any atom is -0.508 e. The van der Waals surface area contributed by atoms with Gasteiger partial charge in [0.05, 0.1) is 18.4 Å². The van der Waals surface area contributed by atoms with E-state index in [0.29, 0.717) is 22.6 Å². The van der Waals surface area contributed by atoms with Crippen LogP contribution in [0.1, 0.15) is 29.8 Å². The quantitative estimate of drug-likeness (QED) is 0.857. The van der Waals surface area contributed by atoms with E-state index in [1.165, 1.54) is 23.9 Å². The number of benzene rings is 1. The maximum atomic E-state index is 12.3. The number of aromatic nitrogens is 1. The molecule has 0 bridgehead atoms. The zero-order chi connectivity index (χ0) is 17.5. The molecule has 0 fully saturated rings. The molecule has 6 nitrogen and oxygen atoms in total. The second-order valence-electron chi connectivity index (χ2n) is 6.03. The molecule has 1 aromatic carbocycles. The van der Waals surface area contributed by atoms with Crippen molar-refractivity contribution in [1.82, 2.24) is 4.57 Å². The van der Waals surface area contributed by atoms with E-state index >= 15 is 0 Å². The predicted molar refractivity (Wildman–Crippen MR) is 88.2 cm³/mol. The summed E-state index contributed by atoms with van der Waals surface area (Å²) in [5.41, 5.74) is 0.527. The average Bonchev–Trinajstić information content (AvgIpc) is 2.52. The molecule has 6 heteroatoms. The minimum absolute atomic E-state index is 0.105. The summed E-state index contributed by atoms with van der Waals surface area (Å²) in [6, 6.07) is 7.48. The zero-order valence-corrected chi connectivity index (χ0v) is 13.6. The number of pyridine rings is 1. The summed E-state index contributed by atoms with van der Waals surface area (Å²) in [5.74, 6) is -0.0168. The highest BCUT2D eigenvalue weighted by atomic mass is 16.5. The van der Waals surface area contributed by atoms with Gasteiger partial charge in [-0.1, -0.05) is 0 Å². The van der Waals surface area contributed by atoms with E-state index in [-0.39, 0.29) is 11.3 Å². The van der Waals surface area contributed by atoms with E-state index in [9.17, 15) is 14.7 Å². The Balaban J connectivity index is 2.23. The molecule has 0 amide bonds. The number of ether oxygens (including phenoxy) is 2. The maximum Gasteiger partial charge on any atom is 0.337 e. The van der Waals surface area contributed by atoms with Gasteiger partial charge in [0.15, 0.2) is 0 Å². The molecule has 1 aliphatic heterocycles. The molecule has 0 spiro atoms. The van der Waals surface area contributed by atoms with Crippen LogP contribution < -0.4 is 10.3 Å². The monoisotopic (exact) mass is 327 g/mol. The van der Waals surface area contributed by atoms with Crippen molar-refractivity contribution >= 4 is 11.7 Å². The van der Waals surface area contributed by atoms with Crippen molar-refractivity contribution in [1.29, 1.82) is 0 Å². The van der Waals surface area contributed by atoms with E-state index in [1.54, 1.807) is 24.3 Å². The summed E-state index contributed by atoms with van der Waals surface area (Å²) < 4.78 is 12.1. The third-order valence-electron chi connectivity index (χ3n) is 3.70. The first-order valence-corrected chi connectivity index (χ1v) is 7.37. The fraction of sp³-hybridized carbons (Fsp3) is 0.222. The van der Waals surface area contributed by atoms with Gasteiger partial charge in [-0.3, -0.25) is 9.36 Å². The number of carbonyl (C=O) groups excluding carboxylic acids is 1. The molecule has 0 atom stereocenters. The molecule has 1 N–H and O–H groups in total. The summed E-state index contributed by atoms with van der Waals surface area (Å²) in [6.45, 7) is 3.74. The number of carbonyl (C=O) groups is 1. The predicted octanol–water partition coefficient (Wildman–Crippen LogP) is 2.40. The standard InChI is InChI=1S/C18H17NO5/c1-18(2)10-14(19-7-6-12(20)9-16(19)21)13-8-11(17(22)23-3)4-5-15(13)24-18/h4-10,20H,1-3H3. The van der Waals surface area contributed by atoms with E-state index in [1.807, 2.05) is 13.8 Å². The topological polar surface area (TPSA) is 77.8 Å². The van der Waals surface area contributed by atoms with Gasteiger partial charge in [0.2, 0.25) is 0 Å². The van der Waals surface area contributed by atoms with Gasteiger partial charge in [-0.15, -0.1) is 0 Å². The molecule has 124 valence electrons. The molecule has 2 heterocycles. The highest BCUT2D eigenvalue weighted by molar-refractivity contribution is 5.91. The Morgan fingerprint density at radius 2 is 2.00 bits per heavy atom. The van der Waals surface area contributed by atoms with Gasteiger partial charge in [-0.25, -0.2) is 4.79 Å². The number of rotatable bonds is 2. The summed E-state index contributed by atoms with van der Waals surface area (Å²) in [5, 5.41) is 9.46. The van der Waals surface area contributed by atoms with Gasteiger partial charge in [0.25, 0.3) is 5.56 Å². The van der Waals surface area contributed by atoms with E-state index in [4.69, 9.17) is 9.47 Å². The summed E-state index contributed by atoms with van der Waals surface area (Å²) >= 11 is 0. The van der Waals surface area contributed by atoms with Gasteiger partial charge in [0, 0.05) is 17.8 Å². The van der Waals surface area contributed by atoms with E-state index in [2.05, 4.69) is 0 Å². The molecule has 3 rings (SSSR count). The third kappa shape index (κ3) is 2.78. The van der Waals surface area contributed by atoms with Crippen molar-refractivity contribution in [2.45, 2.75) is 19.4 Å². The van der Waals surface area contributed by atoms with Gasteiger partial charge < -0.3 is 14.6 Å². The van der Waals surface area contributed by atoms with Gasteiger partial charge in [-0.2, -0.15) is 0 Å². The Hall–Kier alpha value is -3.02. The van der Waals surface area contributed by atoms with Crippen molar-refractivity contribution in [2.75, 3.05) is 7.11 Å². The van der Waals surface area contributed by atoms with Crippen molar-refractivity contribution in [2.24, 2.45) is 0 Å². The lowest BCUT2D eigenvalue weighted by Gasteiger charge is -2.31. The molecule has 2 aromatic rings. The molecule has 1 aliphatic rings. The molecule has 0 aliphatic carbocycles. The van der Waals surface area contributed by atoms with Crippen LogP contribution in [0.5, 0.6) is 11.5 Å². The largest absolute Gasteiger partial charge is 0.508 e. The Kier molecular flexibility index (Phi) is 3.67. The van der Waals surface area contributed by atoms with Crippen molar-refractivity contribution in [3.63, 3.8) is 0 Å². The smallest absolute Gasteiger partial charge is 0.337 e. The van der Waals surface area contributed by atoms with Gasteiger partial charge >= 0.3 is 5.97 Å². The van der Waals surface area contributed by atoms with Gasteiger partial charge in [-0.05, 0) is 44.2 Å². The number of aromatic hydroxyl groups is 1. The summed E-state index contributed by atoms with van der Waals surface area (Å²) in [4.78, 5) is 24.1. The number of esters is 1. The summed E-state index contributed by atoms with van der Waals surface area (Å²) in [7, 11) is 1.31. The summed E-state index contributed by atoms with van der Waals surface area (Å²) in [6.07, 6.45) is 3.29. The lowest BCUT2D eigenvalue weighted by atomic mass is 9.97. The fourth-order valence-corrected chi connectivity index (χ4v) is 2.65. The second-order valence-corrected chi connectivity index (χ2v) is 6.03. The van der Waals surface area contributed by atoms with E-state index in [0.717, 1.165) is 6.07 Å². The Morgan fingerprint density at radius 1 is 1.25 bits per heavy atom. The van der Waals surface area contributed by atoms with Crippen LogP contribution in [0.2, 0.25) is 0 Å². The molecule has 0 radical (unpaired) electrons. The number of hydrogen-bond donors (Lipinski definition) is 1. The minimum atomic E-state index is -0.632. The molecule has 0 saturated heterocycles. The van der Waals surface area contributed by atoms with Crippen molar-refractivity contribution < 1.29 is 19.4 Å². The highest BCUT2D eigenvalue weighted by Gasteiger charge is 2.28. The lowest BCUT2D eigenvalue weighted by Crippen LogP contribution is -2.32. The lowest BCUT2D eigenvalue weighted by molar-refractivity contribution is 0.0600. The SMILES string of the molecule is COC(=O)c1ccc2c(c1)C(n1ccc(O)cc1=O)=CC(C)(C)O2. The second kappa shape index (κ2) is 5.56. The molecular weight excluding hydrogens is 310 g/mol. The van der Waals surface area contributed by atoms with Crippen LogP contribution in [0.4, 0.5) is 0 Å². The first-order chi connectivity index (χ1) is 11.3. The zero-order valence-electron chi connectivity index (χ0n) is 13.6. The van der Waals surface area contributed by atoms with Gasteiger partial charge in [0.1, 0.15) is 17.1 Å². The van der Waals surface area contributed by atoms with Crippen LogP contribution in [-0.4, -0.2) is 28.4 Å². The van der Waals surface area contributed by atoms with Crippen molar-refractivity contribution in [3.8, 4) is 11.5 Å². The number of methoxy groups -OCH3 is 1. The molecular formula is C18H17NO5. The fourth-order valence-electron chi connectivity index (χ4n) is 2.65. The van der Waals surface area contributed by atoms with Crippen LogP contribution in [0.15, 0.2) is 47.4 Å². The first kappa shape index (κ1) is 15.9. The average molecular weight is 327 g/mol. The van der Waals surface area contributed by atoms with Crippen LogP contribution in [0.25, 0.3) is 5.70 Å². The van der Waals surface area contributed by atoms with Crippen LogP contribution in [0.3, 0.4) is 0 Å². The molecule has 0 unspecified atom stereocenters. The number of fused-ring (bicyclic) bond motifs is 1. The van der Waals surface area contributed by atoms with Crippen LogP contribution in [0, 0.1) is 0 Å². The molecule has 24 heavy (non-hydrogen) atoms. The Morgan fingerprint density at radius 3 is 2.67 bits per heavy atom. The normalized spacial score (nSPS) is 15.0. The maximum absolute atomic E-state index is 12.3. The third-order valence-corrected chi connectivity index (χ3v) is 3.70.